The van der Waals surface area contributed by atoms with Crippen molar-refractivity contribution in [2.45, 2.75) is 25.7 Å². The molecule has 0 aromatic carbocycles. The van der Waals surface area contributed by atoms with Crippen LogP contribution in [0.15, 0.2) is 24.5 Å². The molecule has 1 saturated heterocycles. The summed E-state index contributed by atoms with van der Waals surface area (Å²) in [6.07, 6.45) is 5.59. The van der Waals surface area contributed by atoms with Crippen LogP contribution in [0, 0.1) is 6.92 Å². The summed E-state index contributed by atoms with van der Waals surface area (Å²) in [5.74, 6) is 1.58. The number of methoxy groups -OCH3 is 1. The van der Waals surface area contributed by atoms with Gasteiger partial charge in [0.05, 0.1) is 7.11 Å². The van der Waals surface area contributed by atoms with Crippen LogP contribution in [-0.4, -0.2) is 46.0 Å². The first-order valence-electron chi connectivity index (χ1n) is 7.49. The maximum atomic E-state index is 12.8. The van der Waals surface area contributed by atoms with Gasteiger partial charge < -0.3 is 14.6 Å². The fourth-order valence-corrected chi connectivity index (χ4v) is 2.91. The number of rotatable bonds is 3. The second-order valence-electron chi connectivity index (χ2n) is 5.57. The molecule has 0 aliphatic carbocycles. The van der Waals surface area contributed by atoms with Crippen molar-refractivity contribution in [3.05, 3.63) is 41.6 Å². The number of nitrogens with zero attached hydrogens (tertiary/aromatic N) is 3. The minimum atomic E-state index is -0.0272. The number of nitrogens with one attached hydrogen (secondary N) is 1. The van der Waals surface area contributed by atoms with Gasteiger partial charge in [0.2, 0.25) is 5.88 Å². The normalized spacial score (nSPS) is 18.3. The molecule has 1 amide bonds. The number of aryl methyl sites for hydroxylation is 1. The van der Waals surface area contributed by atoms with Gasteiger partial charge in [-0.2, -0.15) is 0 Å². The molecular formula is C16H20N4O2. The van der Waals surface area contributed by atoms with E-state index in [1.807, 2.05) is 24.1 Å². The van der Waals surface area contributed by atoms with Gasteiger partial charge in [0.15, 0.2) is 0 Å². The third-order valence-corrected chi connectivity index (χ3v) is 4.04. The summed E-state index contributed by atoms with van der Waals surface area (Å²) >= 11 is 0. The minimum Gasteiger partial charge on any atom is -0.480 e. The van der Waals surface area contributed by atoms with Crippen molar-refractivity contribution < 1.29 is 9.53 Å². The Kier molecular flexibility index (Phi) is 4.09. The number of ether oxygens (including phenoxy) is 1. The Labute approximate surface area is 129 Å². The standard InChI is InChI=1S/C16H20N4O2/c1-11-5-6-13(15(19-11)22-2)16(21)20-9-3-4-12(10-20)14-17-7-8-18-14/h5-8,12H,3-4,9-10H2,1-2H3,(H,17,18). The van der Waals surface area contributed by atoms with Crippen molar-refractivity contribution in [2.24, 2.45) is 0 Å². The van der Waals surface area contributed by atoms with Gasteiger partial charge in [-0.25, -0.2) is 9.97 Å². The molecule has 1 atom stereocenters. The number of piperidine rings is 1. The van der Waals surface area contributed by atoms with E-state index >= 15 is 0 Å². The first-order chi connectivity index (χ1) is 10.7. The molecule has 22 heavy (non-hydrogen) atoms. The van der Waals surface area contributed by atoms with Gasteiger partial charge in [-0.15, -0.1) is 0 Å². The van der Waals surface area contributed by atoms with E-state index in [2.05, 4.69) is 15.0 Å². The highest BCUT2D eigenvalue weighted by atomic mass is 16.5. The molecule has 0 saturated carbocycles. The summed E-state index contributed by atoms with van der Waals surface area (Å²) in [6.45, 7) is 3.31. The Hall–Kier alpha value is -2.37. The molecule has 3 heterocycles. The summed E-state index contributed by atoms with van der Waals surface area (Å²) in [4.78, 5) is 26.4. The van der Waals surface area contributed by atoms with Gasteiger partial charge in [-0.1, -0.05) is 0 Å². The lowest BCUT2D eigenvalue weighted by Gasteiger charge is -2.32. The zero-order valence-corrected chi connectivity index (χ0v) is 12.9. The summed E-state index contributed by atoms with van der Waals surface area (Å²) in [6, 6.07) is 3.63. The maximum Gasteiger partial charge on any atom is 0.259 e. The van der Waals surface area contributed by atoms with Crippen molar-refractivity contribution in [1.29, 1.82) is 0 Å². The highest BCUT2D eigenvalue weighted by Gasteiger charge is 2.28. The Bertz CT molecular complexity index is 654. The second-order valence-corrected chi connectivity index (χ2v) is 5.57. The largest absolute Gasteiger partial charge is 0.480 e. The monoisotopic (exact) mass is 300 g/mol. The molecule has 0 radical (unpaired) electrons. The Morgan fingerprint density at radius 1 is 1.45 bits per heavy atom. The van der Waals surface area contributed by atoms with E-state index in [1.165, 1.54) is 0 Å². The smallest absolute Gasteiger partial charge is 0.259 e. The van der Waals surface area contributed by atoms with Gasteiger partial charge in [-0.3, -0.25) is 4.79 Å². The van der Waals surface area contributed by atoms with Crippen LogP contribution >= 0.6 is 0 Å². The van der Waals surface area contributed by atoms with E-state index in [-0.39, 0.29) is 11.8 Å². The summed E-state index contributed by atoms with van der Waals surface area (Å²) in [7, 11) is 1.54. The van der Waals surface area contributed by atoms with Gasteiger partial charge in [0.1, 0.15) is 11.4 Å². The number of likely N-dealkylation sites (tertiary alicyclic amines) is 1. The van der Waals surface area contributed by atoms with Crippen LogP contribution in [0.4, 0.5) is 0 Å². The van der Waals surface area contributed by atoms with Gasteiger partial charge in [-0.05, 0) is 31.9 Å². The summed E-state index contributed by atoms with van der Waals surface area (Å²) in [5, 5.41) is 0. The average Bonchev–Trinajstić information content (AvgIpc) is 3.08. The Morgan fingerprint density at radius 3 is 3.05 bits per heavy atom. The number of hydrogen-bond acceptors (Lipinski definition) is 4. The number of carbonyl (C=O) groups is 1. The number of H-pyrrole nitrogens is 1. The molecule has 1 aliphatic rings. The highest BCUT2D eigenvalue weighted by Crippen LogP contribution is 2.27. The number of pyridine rings is 1. The second kappa shape index (κ2) is 6.17. The third kappa shape index (κ3) is 2.81. The number of imidazole rings is 1. The molecule has 1 N–H and O–H groups in total. The molecule has 2 aromatic rings. The van der Waals surface area contributed by atoms with E-state index in [4.69, 9.17) is 4.74 Å². The maximum absolute atomic E-state index is 12.8. The van der Waals surface area contributed by atoms with Gasteiger partial charge in [0.25, 0.3) is 5.91 Å². The molecule has 6 heteroatoms. The van der Waals surface area contributed by atoms with Crippen LogP contribution in [0.3, 0.4) is 0 Å². The highest BCUT2D eigenvalue weighted by molar-refractivity contribution is 5.96. The van der Waals surface area contributed by atoms with Gasteiger partial charge >= 0.3 is 0 Å². The number of hydrogen-bond donors (Lipinski definition) is 1. The Balaban J connectivity index is 1.80. The van der Waals surface area contributed by atoms with E-state index in [0.29, 0.717) is 18.0 Å². The number of aromatic amines is 1. The van der Waals surface area contributed by atoms with Crippen LogP contribution in [-0.2, 0) is 0 Å². The van der Waals surface area contributed by atoms with Crippen LogP contribution in [0.5, 0.6) is 5.88 Å². The molecule has 3 rings (SSSR count). The van der Waals surface area contributed by atoms with Crippen molar-refractivity contribution in [1.82, 2.24) is 19.9 Å². The molecule has 2 aromatic heterocycles. The molecule has 1 aliphatic heterocycles. The number of carbonyl (C=O) groups excluding carboxylic acids is 1. The van der Waals surface area contributed by atoms with Gasteiger partial charge in [0, 0.05) is 37.1 Å². The molecule has 0 spiro atoms. The molecule has 116 valence electrons. The molecule has 1 fully saturated rings. The van der Waals surface area contributed by atoms with E-state index in [0.717, 1.165) is 30.9 Å². The molecule has 0 bridgehead atoms. The van der Waals surface area contributed by atoms with Crippen LogP contribution in [0.25, 0.3) is 0 Å². The first-order valence-corrected chi connectivity index (χ1v) is 7.49. The quantitative estimate of drug-likeness (QED) is 0.942. The first kappa shape index (κ1) is 14.6. The van der Waals surface area contributed by atoms with Crippen LogP contribution in [0.1, 0.15) is 40.6 Å². The van der Waals surface area contributed by atoms with E-state index in [9.17, 15) is 4.79 Å². The summed E-state index contributed by atoms with van der Waals surface area (Å²) < 4.78 is 5.26. The Morgan fingerprint density at radius 2 is 2.32 bits per heavy atom. The summed E-state index contributed by atoms with van der Waals surface area (Å²) in [5.41, 5.74) is 1.36. The SMILES string of the molecule is COc1nc(C)ccc1C(=O)N1CCCC(c2ncc[nH]2)C1. The van der Waals surface area contributed by atoms with Crippen molar-refractivity contribution in [3.8, 4) is 5.88 Å². The third-order valence-electron chi connectivity index (χ3n) is 4.04. The molecular weight excluding hydrogens is 280 g/mol. The topological polar surface area (TPSA) is 71.1 Å². The average molecular weight is 300 g/mol. The lowest BCUT2D eigenvalue weighted by molar-refractivity contribution is 0.0700. The van der Waals surface area contributed by atoms with E-state index in [1.54, 1.807) is 19.4 Å². The minimum absolute atomic E-state index is 0.0272. The number of aromatic nitrogens is 3. The van der Waals surface area contributed by atoms with Crippen molar-refractivity contribution >= 4 is 5.91 Å². The molecule has 6 nitrogen and oxygen atoms in total. The number of amides is 1. The van der Waals surface area contributed by atoms with Crippen LogP contribution in [0.2, 0.25) is 0 Å². The van der Waals surface area contributed by atoms with E-state index < -0.39 is 0 Å². The fraction of sp³-hybridized carbons (Fsp3) is 0.438. The predicted molar refractivity (Wildman–Crippen MR) is 82.0 cm³/mol. The lowest BCUT2D eigenvalue weighted by Crippen LogP contribution is -2.39. The zero-order valence-electron chi connectivity index (χ0n) is 12.9. The van der Waals surface area contributed by atoms with Crippen molar-refractivity contribution in [3.63, 3.8) is 0 Å². The predicted octanol–water partition coefficient (Wildman–Crippen LogP) is 2.14. The molecule has 1 unspecified atom stereocenters. The lowest BCUT2D eigenvalue weighted by atomic mass is 9.97. The fourth-order valence-electron chi connectivity index (χ4n) is 2.91. The van der Waals surface area contributed by atoms with Crippen LogP contribution < -0.4 is 4.74 Å². The van der Waals surface area contributed by atoms with Crippen molar-refractivity contribution in [2.75, 3.05) is 20.2 Å². The zero-order chi connectivity index (χ0) is 15.5.